The number of benzene rings is 1. The van der Waals surface area contributed by atoms with Crippen molar-refractivity contribution in [2.45, 2.75) is 19.4 Å². The summed E-state index contributed by atoms with van der Waals surface area (Å²) in [5, 5.41) is 7.64. The second-order valence-electron chi connectivity index (χ2n) is 8.53. The highest BCUT2D eigenvalue weighted by atomic mass is 19.3. The number of nitrogen functional groups attached to an aromatic ring is 1. The first kappa shape index (κ1) is 25.7. The molecule has 0 unspecified atom stereocenters. The van der Waals surface area contributed by atoms with Crippen LogP contribution in [0.1, 0.15) is 40.2 Å². The summed E-state index contributed by atoms with van der Waals surface area (Å²) in [6.45, 7) is -0.470. The largest absolute Gasteiger partial charge is 0.382 e. The van der Waals surface area contributed by atoms with E-state index in [1.165, 1.54) is 0 Å². The number of pyridine rings is 2. The lowest BCUT2D eigenvalue weighted by atomic mass is 10.0. The van der Waals surface area contributed by atoms with Crippen LogP contribution in [0.25, 0.3) is 33.5 Å². The van der Waals surface area contributed by atoms with Crippen molar-refractivity contribution < 1.29 is 22.4 Å². The van der Waals surface area contributed by atoms with Gasteiger partial charge in [-0.2, -0.15) is 5.10 Å². The summed E-state index contributed by atoms with van der Waals surface area (Å²) in [4.78, 5) is 30.0. The topological polar surface area (TPSA) is 124 Å². The molecule has 0 aliphatic heterocycles. The van der Waals surface area contributed by atoms with Crippen molar-refractivity contribution in [1.82, 2.24) is 35.0 Å². The van der Waals surface area contributed by atoms with E-state index in [0.29, 0.717) is 28.7 Å². The summed E-state index contributed by atoms with van der Waals surface area (Å²) in [6.07, 6.45) is -1.85. The molecule has 0 saturated heterocycles. The maximum Gasteiger partial charge on any atom is 0.274 e. The number of carbonyl (C=O) groups is 1. The van der Waals surface area contributed by atoms with E-state index in [9.17, 15) is 22.4 Å². The van der Waals surface area contributed by atoms with Crippen molar-refractivity contribution in [3.63, 3.8) is 0 Å². The number of nitrogens with one attached hydrogen (secondary N) is 1. The van der Waals surface area contributed by atoms with Gasteiger partial charge in [0.25, 0.3) is 18.8 Å². The molecular weight excluding hydrogens is 516 g/mol. The van der Waals surface area contributed by atoms with Crippen molar-refractivity contribution in [2.24, 2.45) is 7.05 Å². The summed E-state index contributed by atoms with van der Waals surface area (Å²) in [6, 6.07) is 11.5. The smallest absolute Gasteiger partial charge is 0.274 e. The fourth-order valence-electron chi connectivity index (χ4n) is 3.99. The number of carbonyl (C=O) groups excluding carboxylic acids is 1. The first-order chi connectivity index (χ1) is 18.7. The predicted octanol–water partition coefficient (Wildman–Crippen LogP) is 4.87. The number of fused-ring (bicyclic) bond motifs is 1. The molecule has 0 bridgehead atoms. The summed E-state index contributed by atoms with van der Waals surface area (Å²) in [7, 11) is 1.74. The zero-order chi connectivity index (χ0) is 27.7. The van der Waals surface area contributed by atoms with Crippen LogP contribution in [0.15, 0.2) is 61.1 Å². The Labute approximate surface area is 218 Å². The van der Waals surface area contributed by atoms with Gasteiger partial charge in [0.2, 0.25) is 0 Å². The van der Waals surface area contributed by atoms with Gasteiger partial charge in [0.1, 0.15) is 11.4 Å². The number of aryl methyl sites for hydroxylation is 1. The second kappa shape index (κ2) is 10.4. The molecule has 39 heavy (non-hydrogen) atoms. The number of amides is 1. The van der Waals surface area contributed by atoms with E-state index in [4.69, 9.17) is 5.73 Å². The first-order valence-corrected chi connectivity index (χ1v) is 11.6. The molecule has 0 atom stereocenters. The van der Waals surface area contributed by atoms with Gasteiger partial charge in [-0.05, 0) is 30.3 Å². The van der Waals surface area contributed by atoms with E-state index in [2.05, 4.69) is 30.4 Å². The van der Waals surface area contributed by atoms with E-state index in [1.54, 1.807) is 48.4 Å². The number of hydrogen-bond donors (Lipinski definition) is 2. The lowest BCUT2D eigenvalue weighted by Gasteiger charge is -2.14. The number of alkyl halides is 4. The molecule has 0 fully saturated rings. The molecule has 0 aliphatic carbocycles. The maximum atomic E-state index is 13.5. The fourth-order valence-corrected chi connectivity index (χ4v) is 3.99. The second-order valence-corrected chi connectivity index (χ2v) is 8.53. The normalized spacial score (nSPS) is 11.5. The summed E-state index contributed by atoms with van der Waals surface area (Å²) in [5.74, 6) is -1.02. The molecule has 1 aromatic carbocycles. The number of nitrogens with zero attached hydrogens (tertiary/aromatic N) is 6. The minimum Gasteiger partial charge on any atom is -0.382 e. The van der Waals surface area contributed by atoms with E-state index >= 15 is 0 Å². The van der Waals surface area contributed by atoms with Crippen LogP contribution in [0.5, 0.6) is 0 Å². The van der Waals surface area contributed by atoms with Crippen molar-refractivity contribution in [1.29, 1.82) is 0 Å². The molecule has 0 saturated carbocycles. The number of anilines is 1. The quantitative estimate of drug-likeness (QED) is 0.284. The van der Waals surface area contributed by atoms with Crippen LogP contribution in [-0.4, -0.2) is 35.6 Å². The average Bonchev–Trinajstić information content (AvgIpc) is 3.37. The third kappa shape index (κ3) is 5.23. The van der Waals surface area contributed by atoms with E-state index in [1.807, 2.05) is 12.1 Å². The van der Waals surface area contributed by atoms with Crippen molar-refractivity contribution in [2.75, 3.05) is 5.73 Å². The number of nitrogens with two attached hydrogens (primary N) is 1. The van der Waals surface area contributed by atoms with Gasteiger partial charge >= 0.3 is 0 Å². The number of aromatic nitrogens is 6. The fraction of sp³-hybridized carbons (Fsp3) is 0.154. The molecule has 198 valence electrons. The Hall–Kier alpha value is -4.94. The first-order valence-electron chi connectivity index (χ1n) is 11.6. The lowest BCUT2D eigenvalue weighted by Crippen LogP contribution is -2.27. The van der Waals surface area contributed by atoms with Crippen LogP contribution < -0.4 is 11.1 Å². The maximum absolute atomic E-state index is 13.5. The molecule has 0 aliphatic rings. The molecule has 13 heteroatoms. The van der Waals surface area contributed by atoms with Crippen molar-refractivity contribution in [3.05, 3.63) is 83.6 Å². The molecule has 1 amide bonds. The molecule has 5 aromatic rings. The van der Waals surface area contributed by atoms with Gasteiger partial charge in [0.15, 0.2) is 11.5 Å². The highest BCUT2D eigenvalue weighted by Crippen LogP contribution is 2.32. The molecule has 4 heterocycles. The van der Waals surface area contributed by atoms with Crippen LogP contribution in [0.2, 0.25) is 0 Å². The van der Waals surface area contributed by atoms with Crippen LogP contribution >= 0.6 is 0 Å². The van der Waals surface area contributed by atoms with E-state index < -0.39 is 36.4 Å². The van der Waals surface area contributed by atoms with Gasteiger partial charge in [-0.1, -0.05) is 12.1 Å². The van der Waals surface area contributed by atoms with Crippen LogP contribution in [0, 0.1) is 0 Å². The highest BCUT2D eigenvalue weighted by molar-refractivity contribution is 5.98. The number of hydrogen-bond acceptors (Lipinski definition) is 7. The summed E-state index contributed by atoms with van der Waals surface area (Å²) in [5.41, 5.74) is 6.72. The Morgan fingerprint density at radius 1 is 1.03 bits per heavy atom. The van der Waals surface area contributed by atoms with Crippen molar-refractivity contribution in [3.8, 4) is 22.6 Å². The molecule has 9 nitrogen and oxygen atoms in total. The average molecular weight is 536 g/mol. The Bertz CT molecular complexity index is 1690. The van der Waals surface area contributed by atoms with Gasteiger partial charge in [-0.15, -0.1) is 0 Å². The Kier molecular flexibility index (Phi) is 6.88. The zero-order valence-corrected chi connectivity index (χ0v) is 20.3. The Balaban J connectivity index is 1.52. The SMILES string of the molecule is Cn1ccc(-c2nc(N)c(C(=O)NCc3ncc(C(F)F)cc3C(F)F)nc2-c2ccc3ncccc3c2)n1. The number of halogens is 4. The van der Waals surface area contributed by atoms with Gasteiger partial charge in [0.05, 0.1) is 23.4 Å². The standard InChI is InChI=1S/C26H20F4N8O/c1-38-8-6-18(37-38)21-20(14-4-5-17-13(9-14)3-2-7-32-17)35-22(25(31)36-21)26(39)34-12-19-16(24(29)30)10-15(11-33-19)23(27)28/h2-11,23-24H,12H2,1H3,(H2,31,36)(H,34,39). The third-order valence-corrected chi connectivity index (χ3v) is 5.90. The minimum atomic E-state index is -3.07. The highest BCUT2D eigenvalue weighted by Gasteiger charge is 2.23. The molecule has 0 radical (unpaired) electrons. The minimum absolute atomic E-state index is 0.213. The molecule has 3 N–H and O–H groups in total. The Morgan fingerprint density at radius 3 is 2.56 bits per heavy atom. The van der Waals surface area contributed by atoms with E-state index in [0.717, 1.165) is 17.1 Å². The van der Waals surface area contributed by atoms with Gasteiger partial charge in [0, 0.05) is 47.7 Å². The van der Waals surface area contributed by atoms with E-state index in [-0.39, 0.29) is 17.2 Å². The molecule has 4 aromatic heterocycles. The molecule has 5 rings (SSSR count). The van der Waals surface area contributed by atoms with Crippen LogP contribution in [0.4, 0.5) is 23.4 Å². The number of rotatable bonds is 7. The van der Waals surface area contributed by atoms with Crippen LogP contribution in [0.3, 0.4) is 0 Å². The van der Waals surface area contributed by atoms with Gasteiger partial charge in [-0.3, -0.25) is 19.4 Å². The molecular formula is C26H20F4N8O. The summed E-state index contributed by atoms with van der Waals surface area (Å²) >= 11 is 0. The third-order valence-electron chi connectivity index (χ3n) is 5.90. The zero-order valence-electron chi connectivity index (χ0n) is 20.3. The van der Waals surface area contributed by atoms with Gasteiger partial charge < -0.3 is 11.1 Å². The van der Waals surface area contributed by atoms with Crippen LogP contribution in [-0.2, 0) is 13.6 Å². The lowest BCUT2D eigenvalue weighted by molar-refractivity contribution is 0.0944. The monoisotopic (exact) mass is 536 g/mol. The predicted molar refractivity (Wildman–Crippen MR) is 135 cm³/mol. The van der Waals surface area contributed by atoms with Gasteiger partial charge in [-0.25, -0.2) is 27.5 Å². The van der Waals surface area contributed by atoms with Crippen molar-refractivity contribution >= 4 is 22.6 Å². The Morgan fingerprint density at radius 2 is 1.85 bits per heavy atom. The molecule has 0 spiro atoms. The summed E-state index contributed by atoms with van der Waals surface area (Å²) < 4.78 is 54.5.